The largest absolute Gasteiger partial charge is 0.286 e. The number of halogens is 1. The predicted octanol–water partition coefficient (Wildman–Crippen LogP) is 16.1. The molecule has 12 aromatic rings. The van der Waals surface area contributed by atoms with Gasteiger partial charge in [0.15, 0.2) is 0 Å². The molecule has 3 aliphatic heterocycles. The number of hydrogen-bond acceptors (Lipinski definition) is 3. The number of fused-ring (bicyclic) bond motifs is 12. The van der Waals surface area contributed by atoms with Crippen LogP contribution in [-0.2, 0) is 0 Å². The van der Waals surface area contributed by atoms with Crippen LogP contribution in [0.15, 0.2) is 200 Å². The molecule has 0 atom stereocenters. The highest BCUT2D eigenvalue weighted by Crippen LogP contribution is 2.51. The van der Waals surface area contributed by atoms with E-state index >= 15 is 0 Å². The van der Waals surface area contributed by atoms with Crippen LogP contribution in [0.5, 0.6) is 0 Å². The average molecular weight is 953 g/mol. The minimum atomic E-state index is 0.616. The predicted molar refractivity (Wildman–Crippen MR) is 300 cm³/mol. The highest BCUT2D eigenvalue weighted by atomic mass is 35.5. The van der Waals surface area contributed by atoms with E-state index in [1.54, 1.807) is 0 Å². The molecule has 7 heteroatoms. The maximum Gasteiger partial charge on any atom is 0.286 e. The molecule has 0 radical (unpaired) electrons. The summed E-state index contributed by atoms with van der Waals surface area (Å²) in [6.45, 7) is 4.25. The third-order valence-corrected chi connectivity index (χ3v) is 15.2. The Morgan fingerprint density at radius 1 is 0.438 bits per heavy atom. The Bertz CT molecular complexity index is 4800. The van der Waals surface area contributed by atoms with Crippen molar-refractivity contribution in [3.8, 4) is 91.3 Å². The molecule has 340 valence electrons. The van der Waals surface area contributed by atoms with Gasteiger partial charge in [0.2, 0.25) is 11.5 Å². The molecule has 6 nitrogen and oxygen atoms in total. The lowest BCUT2D eigenvalue weighted by molar-refractivity contribution is -0.560. The van der Waals surface area contributed by atoms with E-state index in [0.29, 0.717) is 28.1 Å². The highest BCUT2D eigenvalue weighted by Gasteiger charge is 2.35. The standard InChI is InChI=1S/C66H40ClN6/c1-4-71-64-56-36-46-22-11-12-23-47(46)37-57(56)65(71)70-66-55-35-45-21-10-9-20-44(45)34-54(55)63-59(49-25-14-26-51(67)31-49)61-53-33-43-19-8-7-18-42(43)32-52(53)60(69-61)58(48-24-13-15-38(2)29-48)62(72(73(63)66)39(3)68-64)50-28-27-40-16-5-6-17-41(40)30-50/h1,5-37H,2-3H3/q+1. The van der Waals surface area contributed by atoms with E-state index in [9.17, 15) is 0 Å². The first kappa shape index (κ1) is 41.4. The van der Waals surface area contributed by atoms with Gasteiger partial charge in [-0.05, 0) is 116 Å². The molecule has 0 N–H and O–H groups in total. The first-order valence-electron chi connectivity index (χ1n) is 24.5. The zero-order chi connectivity index (χ0) is 48.6. The van der Waals surface area contributed by atoms with Gasteiger partial charge in [0.05, 0.1) is 39.8 Å². The molecule has 0 amide bonds. The summed E-state index contributed by atoms with van der Waals surface area (Å²) in [6, 6.07) is 74.5. The van der Waals surface area contributed by atoms with Crippen LogP contribution in [0.3, 0.4) is 0 Å². The number of hydrogen-bond donors (Lipinski definition) is 0. The van der Waals surface area contributed by atoms with Gasteiger partial charge in [-0.3, -0.25) is 0 Å². The molecule has 3 aliphatic rings. The van der Waals surface area contributed by atoms with E-state index in [2.05, 4.69) is 217 Å². The van der Waals surface area contributed by atoms with E-state index in [0.717, 1.165) is 132 Å². The zero-order valence-corrected chi connectivity index (χ0v) is 40.4. The van der Waals surface area contributed by atoms with Gasteiger partial charge >= 0.3 is 0 Å². The van der Waals surface area contributed by atoms with Crippen LogP contribution in [-0.4, -0.2) is 24.0 Å². The maximum atomic E-state index is 7.12. The normalized spacial score (nSPS) is 12.0. The van der Waals surface area contributed by atoms with Crippen molar-refractivity contribution in [2.45, 2.75) is 13.8 Å². The molecule has 73 heavy (non-hydrogen) atoms. The Morgan fingerprint density at radius 3 is 1.56 bits per heavy atom. The minimum absolute atomic E-state index is 0.616. The van der Waals surface area contributed by atoms with Crippen LogP contribution in [0.4, 0.5) is 0 Å². The third-order valence-electron chi connectivity index (χ3n) is 14.9. The number of nitrogens with zero attached hydrogens (tertiary/aromatic N) is 6. The Balaban J connectivity index is 1.32. The van der Waals surface area contributed by atoms with E-state index in [4.69, 9.17) is 33.0 Å². The lowest BCUT2D eigenvalue weighted by Crippen LogP contribution is -2.30. The first-order chi connectivity index (χ1) is 35.9. The molecule has 0 unspecified atom stereocenters. The zero-order valence-electron chi connectivity index (χ0n) is 39.7. The van der Waals surface area contributed by atoms with Gasteiger partial charge in [0.25, 0.3) is 11.6 Å². The summed E-state index contributed by atoms with van der Waals surface area (Å²) >= 11 is 7.12. The molecule has 0 fully saturated rings. The van der Waals surface area contributed by atoms with E-state index in [1.807, 2.05) is 16.7 Å². The fourth-order valence-electron chi connectivity index (χ4n) is 11.7. The Labute approximate surface area is 424 Å². The number of aromatic nitrogens is 6. The van der Waals surface area contributed by atoms with Crippen LogP contribution < -0.4 is 4.57 Å². The van der Waals surface area contributed by atoms with Crippen molar-refractivity contribution in [1.82, 2.24) is 24.0 Å². The highest BCUT2D eigenvalue weighted by molar-refractivity contribution is 6.31. The van der Waals surface area contributed by atoms with Crippen LogP contribution in [0.1, 0.15) is 11.4 Å². The summed E-state index contributed by atoms with van der Waals surface area (Å²) < 4.78 is 6.45. The third kappa shape index (κ3) is 6.13. The van der Waals surface area contributed by atoms with E-state index in [-0.39, 0.29) is 0 Å². The Kier molecular flexibility index (Phi) is 8.81. The maximum absolute atomic E-state index is 7.12. The van der Waals surface area contributed by atoms with Crippen LogP contribution in [0.2, 0.25) is 5.02 Å². The van der Waals surface area contributed by atoms with Crippen LogP contribution in [0, 0.1) is 26.3 Å². The van der Waals surface area contributed by atoms with Crippen molar-refractivity contribution >= 4 is 76.6 Å². The smallest absolute Gasteiger partial charge is 0.246 e. The molecule has 15 rings (SSSR count). The van der Waals surface area contributed by atoms with Crippen molar-refractivity contribution in [1.29, 1.82) is 0 Å². The Morgan fingerprint density at radius 2 is 0.959 bits per heavy atom. The molecule has 10 aromatic carbocycles. The fraction of sp³-hybridized carbons (Fsp3) is 0.0303. The van der Waals surface area contributed by atoms with Crippen molar-refractivity contribution in [2.75, 3.05) is 0 Å². The molecular weight excluding hydrogens is 912 g/mol. The number of benzene rings is 10. The summed E-state index contributed by atoms with van der Waals surface area (Å²) in [5, 5.41) is 11.4. The van der Waals surface area contributed by atoms with Gasteiger partial charge in [-0.15, -0.1) is 4.57 Å². The number of rotatable bonds is 3. The molecule has 0 saturated heterocycles. The van der Waals surface area contributed by atoms with Crippen molar-refractivity contribution < 1.29 is 4.57 Å². The van der Waals surface area contributed by atoms with E-state index in [1.165, 1.54) is 0 Å². The van der Waals surface area contributed by atoms with Gasteiger partial charge in [-0.25, -0.2) is 14.0 Å². The lowest BCUT2D eigenvalue weighted by Gasteiger charge is -2.18. The summed E-state index contributed by atoms with van der Waals surface area (Å²) in [5.74, 6) is 1.91. The van der Waals surface area contributed by atoms with Crippen LogP contribution in [0.25, 0.3) is 144 Å². The fourth-order valence-corrected chi connectivity index (χ4v) is 11.9. The second-order valence-electron chi connectivity index (χ2n) is 19.3. The van der Waals surface area contributed by atoms with Crippen molar-refractivity contribution in [2.24, 2.45) is 0 Å². The van der Waals surface area contributed by atoms with Crippen molar-refractivity contribution in [3.05, 3.63) is 217 Å². The van der Waals surface area contributed by atoms with Crippen molar-refractivity contribution in [3.63, 3.8) is 0 Å². The lowest BCUT2D eigenvalue weighted by atomic mass is 9.90. The second-order valence-corrected chi connectivity index (χ2v) is 19.7. The molecular formula is C66H40ClN6+. The molecule has 4 bridgehead atoms. The van der Waals surface area contributed by atoms with Crippen LogP contribution >= 0.6 is 11.6 Å². The SMILES string of the molecule is C#C[n+]1c2nc(C)n3c(-c4ccc5ccccc5c4)c(-c4cccc(C)c4)c4nc(c(-c5cccc(Cl)c5)c5c6cc7ccccc7cc6c(nc1-c1cc6ccccc6cc1-2)n53)-c1cc2ccccc2cc1-4. The van der Waals surface area contributed by atoms with Gasteiger partial charge < -0.3 is 0 Å². The molecule has 2 aromatic heterocycles. The summed E-state index contributed by atoms with van der Waals surface area (Å²) in [7, 11) is 0. The molecule has 0 spiro atoms. The van der Waals surface area contributed by atoms with Gasteiger partial charge in [-0.1, -0.05) is 179 Å². The molecule has 0 saturated carbocycles. The summed E-state index contributed by atoms with van der Waals surface area (Å²) in [4.78, 5) is 17.8. The monoisotopic (exact) mass is 951 g/mol. The average Bonchev–Trinajstić information content (AvgIpc) is 4.04. The van der Waals surface area contributed by atoms with Gasteiger partial charge in [-0.2, -0.15) is 0 Å². The first-order valence-corrected chi connectivity index (χ1v) is 24.9. The quantitative estimate of drug-likeness (QED) is 0.131. The second kappa shape index (κ2) is 15.5. The van der Waals surface area contributed by atoms with Gasteiger partial charge in [0.1, 0.15) is 0 Å². The Hall–Kier alpha value is -9.41. The van der Waals surface area contributed by atoms with E-state index < -0.39 is 0 Å². The number of aryl methyl sites for hydroxylation is 2. The molecule has 0 aliphatic carbocycles. The summed E-state index contributed by atoms with van der Waals surface area (Å²) in [5.41, 5.74) is 13.9. The number of terminal acetylenes is 1. The van der Waals surface area contributed by atoms with Gasteiger partial charge in [0, 0.05) is 50.5 Å². The summed E-state index contributed by atoms with van der Waals surface area (Å²) in [6.07, 6.45) is 6.68. The topological polar surface area (TPSA) is 51.4 Å². The minimum Gasteiger partial charge on any atom is -0.246 e. The molecule has 5 heterocycles.